The van der Waals surface area contributed by atoms with Gasteiger partial charge in [-0.25, -0.2) is 0 Å². The zero-order chi connectivity index (χ0) is 15.9. The molecule has 1 aliphatic heterocycles. The highest BCUT2D eigenvalue weighted by Crippen LogP contribution is 2.49. The number of likely N-dealkylation sites (tertiary alicyclic amines) is 1. The van der Waals surface area contributed by atoms with Gasteiger partial charge in [-0.05, 0) is 75.8 Å². The quantitative estimate of drug-likeness (QED) is 0.806. The molecular formula is C18H34ClN3O. The maximum absolute atomic E-state index is 12.6. The third-order valence-electron chi connectivity index (χ3n) is 6.81. The lowest BCUT2D eigenvalue weighted by atomic mass is 9.84. The van der Waals surface area contributed by atoms with E-state index in [0.717, 1.165) is 31.3 Å². The summed E-state index contributed by atoms with van der Waals surface area (Å²) in [5, 5.41) is 3.32. The van der Waals surface area contributed by atoms with Gasteiger partial charge in [-0.3, -0.25) is 9.69 Å². The third kappa shape index (κ3) is 3.85. The molecule has 1 heterocycles. The predicted octanol–water partition coefficient (Wildman–Crippen LogP) is 2.41. The van der Waals surface area contributed by atoms with Gasteiger partial charge in [0.05, 0.1) is 6.04 Å². The van der Waals surface area contributed by atoms with Crippen molar-refractivity contribution < 1.29 is 4.79 Å². The van der Waals surface area contributed by atoms with Crippen LogP contribution in [-0.2, 0) is 4.79 Å². The third-order valence-corrected chi connectivity index (χ3v) is 6.81. The molecule has 0 radical (unpaired) electrons. The molecule has 23 heavy (non-hydrogen) atoms. The molecule has 2 saturated carbocycles. The summed E-state index contributed by atoms with van der Waals surface area (Å²) in [6.07, 6.45) is 6.63. The maximum atomic E-state index is 12.6. The number of amides is 1. The molecule has 6 unspecified atom stereocenters. The fraction of sp³-hybridized carbons (Fsp3) is 0.944. The highest BCUT2D eigenvalue weighted by atomic mass is 35.5. The summed E-state index contributed by atoms with van der Waals surface area (Å²) in [7, 11) is 0. The van der Waals surface area contributed by atoms with E-state index in [1.54, 1.807) is 0 Å². The van der Waals surface area contributed by atoms with Gasteiger partial charge in [-0.1, -0.05) is 13.3 Å². The molecule has 1 saturated heterocycles. The first kappa shape index (κ1) is 19.0. The van der Waals surface area contributed by atoms with E-state index in [1.807, 2.05) is 6.92 Å². The lowest BCUT2D eigenvalue weighted by Gasteiger charge is -2.31. The van der Waals surface area contributed by atoms with Crippen molar-refractivity contribution in [3.05, 3.63) is 0 Å². The second-order valence-corrected chi connectivity index (χ2v) is 8.55. The summed E-state index contributed by atoms with van der Waals surface area (Å²) in [4.78, 5) is 14.9. The molecule has 3 rings (SSSR count). The number of hydrogen-bond donors (Lipinski definition) is 2. The van der Waals surface area contributed by atoms with Crippen molar-refractivity contribution in [2.45, 2.75) is 65.0 Å². The van der Waals surface area contributed by atoms with Crippen molar-refractivity contribution in [2.75, 3.05) is 19.6 Å². The second-order valence-electron chi connectivity index (χ2n) is 8.55. The molecule has 134 valence electrons. The van der Waals surface area contributed by atoms with Gasteiger partial charge in [0.1, 0.15) is 0 Å². The van der Waals surface area contributed by atoms with Gasteiger partial charge in [0, 0.05) is 12.6 Å². The van der Waals surface area contributed by atoms with Crippen LogP contribution in [0.25, 0.3) is 0 Å². The monoisotopic (exact) mass is 343 g/mol. The summed E-state index contributed by atoms with van der Waals surface area (Å²) in [5.41, 5.74) is 6.06. The van der Waals surface area contributed by atoms with Crippen LogP contribution >= 0.6 is 12.4 Å². The van der Waals surface area contributed by atoms with Crippen LogP contribution in [0.3, 0.4) is 0 Å². The summed E-state index contributed by atoms with van der Waals surface area (Å²) < 4.78 is 0. The number of nitrogens with zero attached hydrogens (tertiary/aromatic N) is 1. The average Bonchev–Trinajstić information content (AvgIpc) is 3.21. The van der Waals surface area contributed by atoms with Gasteiger partial charge in [0.15, 0.2) is 0 Å². The number of fused-ring (bicyclic) bond motifs is 2. The van der Waals surface area contributed by atoms with Gasteiger partial charge in [0.2, 0.25) is 5.91 Å². The molecule has 3 fully saturated rings. The molecule has 0 aromatic heterocycles. The first-order valence-corrected chi connectivity index (χ1v) is 9.16. The largest absolute Gasteiger partial charge is 0.352 e. The Hall–Kier alpha value is -0.320. The topological polar surface area (TPSA) is 58.4 Å². The van der Waals surface area contributed by atoms with Crippen LogP contribution in [-0.4, -0.2) is 42.5 Å². The van der Waals surface area contributed by atoms with Gasteiger partial charge in [-0.2, -0.15) is 0 Å². The minimum atomic E-state index is -0.0329. The van der Waals surface area contributed by atoms with Crippen LogP contribution in [0.15, 0.2) is 0 Å². The number of hydrogen-bond acceptors (Lipinski definition) is 3. The van der Waals surface area contributed by atoms with Gasteiger partial charge >= 0.3 is 0 Å². The van der Waals surface area contributed by atoms with E-state index in [9.17, 15) is 4.79 Å². The number of nitrogens with two attached hydrogens (primary N) is 1. The summed E-state index contributed by atoms with van der Waals surface area (Å²) in [6, 6.07) is 0.295. The first-order chi connectivity index (χ1) is 10.4. The zero-order valence-corrected chi connectivity index (χ0v) is 15.7. The molecule has 0 spiro atoms. The highest BCUT2D eigenvalue weighted by Gasteiger charge is 2.43. The molecule has 6 atom stereocenters. The van der Waals surface area contributed by atoms with Crippen LogP contribution in [0, 0.1) is 23.2 Å². The maximum Gasteiger partial charge on any atom is 0.237 e. The van der Waals surface area contributed by atoms with E-state index in [-0.39, 0.29) is 29.8 Å². The molecule has 3 aliphatic rings. The molecule has 2 aliphatic carbocycles. The number of rotatable bonds is 5. The van der Waals surface area contributed by atoms with Crippen LogP contribution in [0.1, 0.15) is 52.9 Å². The Balaban J connectivity index is 0.00000192. The standard InChI is InChI=1S/C18H33N3O.ClH/c1-12(16-9-14-4-5-15(16)8-14)20-17(22)13(2)21-7-6-18(3,10-19)11-21;/h12-16H,4-11,19H2,1-3H3,(H,20,22);1H. The molecular weight excluding hydrogens is 310 g/mol. The van der Waals surface area contributed by atoms with E-state index in [0.29, 0.717) is 18.5 Å². The van der Waals surface area contributed by atoms with E-state index in [1.165, 1.54) is 25.7 Å². The molecule has 2 bridgehead atoms. The lowest BCUT2D eigenvalue weighted by Crippen LogP contribution is -2.49. The van der Waals surface area contributed by atoms with Crippen LogP contribution in [0.4, 0.5) is 0 Å². The Morgan fingerprint density at radius 1 is 1.35 bits per heavy atom. The minimum Gasteiger partial charge on any atom is -0.352 e. The van der Waals surface area contributed by atoms with Gasteiger partial charge in [-0.15, -0.1) is 12.4 Å². The predicted molar refractivity (Wildman–Crippen MR) is 96.6 cm³/mol. The highest BCUT2D eigenvalue weighted by molar-refractivity contribution is 5.85. The lowest BCUT2D eigenvalue weighted by molar-refractivity contribution is -0.126. The SMILES string of the molecule is CC(NC(=O)C(C)N1CCC(C)(CN)C1)C1CC2CCC1C2.Cl. The first-order valence-electron chi connectivity index (χ1n) is 9.16. The number of carbonyl (C=O) groups excluding carboxylic acids is 1. The molecule has 0 aromatic rings. The van der Waals surface area contributed by atoms with Crippen molar-refractivity contribution in [1.29, 1.82) is 0 Å². The molecule has 0 aromatic carbocycles. The fourth-order valence-corrected chi connectivity index (χ4v) is 5.08. The summed E-state index contributed by atoms with van der Waals surface area (Å²) in [5.74, 6) is 2.72. The van der Waals surface area contributed by atoms with Crippen molar-refractivity contribution >= 4 is 18.3 Å². The Morgan fingerprint density at radius 2 is 2.09 bits per heavy atom. The van der Waals surface area contributed by atoms with Crippen LogP contribution < -0.4 is 11.1 Å². The molecule has 4 nitrogen and oxygen atoms in total. The fourth-order valence-electron chi connectivity index (χ4n) is 5.08. The van der Waals surface area contributed by atoms with Crippen molar-refractivity contribution in [3.63, 3.8) is 0 Å². The zero-order valence-electron chi connectivity index (χ0n) is 14.9. The normalized spacial score (nSPS) is 39.0. The summed E-state index contributed by atoms with van der Waals surface area (Å²) in [6.45, 7) is 9.13. The molecule has 1 amide bonds. The smallest absolute Gasteiger partial charge is 0.237 e. The van der Waals surface area contributed by atoms with Crippen LogP contribution in [0.2, 0.25) is 0 Å². The molecule has 3 N–H and O–H groups in total. The van der Waals surface area contributed by atoms with E-state index in [2.05, 4.69) is 24.1 Å². The Labute approximate surface area is 147 Å². The number of carbonyl (C=O) groups is 1. The minimum absolute atomic E-state index is 0. The average molecular weight is 344 g/mol. The Morgan fingerprint density at radius 3 is 2.61 bits per heavy atom. The van der Waals surface area contributed by atoms with Gasteiger partial charge < -0.3 is 11.1 Å². The second kappa shape index (κ2) is 7.28. The number of nitrogens with one attached hydrogen (secondary N) is 1. The van der Waals surface area contributed by atoms with Crippen molar-refractivity contribution in [3.8, 4) is 0 Å². The van der Waals surface area contributed by atoms with E-state index >= 15 is 0 Å². The van der Waals surface area contributed by atoms with E-state index < -0.39 is 0 Å². The number of halogens is 1. The van der Waals surface area contributed by atoms with Crippen molar-refractivity contribution in [1.82, 2.24) is 10.2 Å². The van der Waals surface area contributed by atoms with Crippen LogP contribution in [0.5, 0.6) is 0 Å². The Bertz CT molecular complexity index is 432. The van der Waals surface area contributed by atoms with E-state index in [4.69, 9.17) is 5.73 Å². The van der Waals surface area contributed by atoms with Crippen molar-refractivity contribution in [2.24, 2.45) is 28.9 Å². The summed E-state index contributed by atoms with van der Waals surface area (Å²) >= 11 is 0. The van der Waals surface area contributed by atoms with Gasteiger partial charge in [0.25, 0.3) is 0 Å². The Kier molecular flexibility index (Phi) is 6.02. The molecule has 5 heteroatoms.